The van der Waals surface area contributed by atoms with Gasteiger partial charge >= 0.3 is 5.97 Å². The van der Waals surface area contributed by atoms with E-state index < -0.39 is 10.9 Å². The normalized spacial score (nSPS) is 10.0. The number of hydrogen-bond acceptors (Lipinski definition) is 8. The molecule has 0 aliphatic heterocycles. The van der Waals surface area contributed by atoms with Crippen molar-refractivity contribution in [2.75, 3.05) is 19.0 Å². The molecule has 0 amide bonds. The summed E-state index contributed by atoms with van der Waals surface area (Å²) in [6, 6.07) is 7.14. The van der Waals surface area contributed by atoms with Crippen LogP contribution < -0.4 is 10.1 Å². The quantitative estimate of drug-likeness (QED) is 0.490. The standard InChI is InChI=1S/C14H14N4O5/c1-3-23-14(19)11-6-7-13(17-16-11)15-10-5-4-9(18(20)21)8-12(10)22-2/h4-8H,3H2,1-2H3,(H,15,17). The smallest absolute Gasteiger partial charge is 0.358 e. The molecule has 1 aromatic heterocycles. The highest BCUT2D eigenvalue weighted by Gasteiger charge is 2.13. The van der Waals surface area contributed by atoms with Crippen molar-refractivity contribution in [3.8, 4) is 5.75 Å². The predicted molar refractivity (Wildman–Crippen MR) is 80.9 cm³/mol. The molecular weight excluding hydrogens is 304 g/mol. The summed E-state index contributed by atoms with van der Waals surface area (Å²) in [5.41, 5.74) is 0.487. The lowest BCUT2D eigenvalue weighted by atomic mass is 10.2. The highest BCUT2D eigenvalue weighted by atomic mass is 16.6. The van der Waals surface area contributed by atoms with Gasteiger partial charge in [0, 0.05) is 6.07 Å². The Morgan fingerprint density at radius 2 is 2.09 bits per heavy atom. The Morgan fingerprint density at radius 1 is 1.30 bits per heavy atom. The number of ether oxygens (including phenoxy) is 2. The van der Waals surface area contributed by atoms with Gasteiger partial charge in [-0.2, -0.15) is 0 Å². The number of carbonyl (C=O) groups is 1. The molecule has 2 rings (SSSR count). The molecule has 0 unspecified atom stereocenters. The summed E-state index contributed by atoms with van der Waals surface area (Å²) < 4.78 is 9.93. The number of benzene rings is 1. The van der Waals surface area contributed by atoms with E-state index in [0.717, 1.165) is 0 Å². The van der Waals surface area contributed by atoms with Gasteiger partial charge < -0.3 is 14.8 Å². The van der Waals surface area contributed by atoms with Crippen LogP contribution in [0, 0.1) is 10.1 Å². The molecule has 1 aromatic carbocycles. The number of rotatable bonds is 6. The van der Waals surface area contributed by atoms with Gasteiger partial charge in [0.25, 0.3) is 5.69 Å². The van der Waals surface area contributed by atoms with E-state index in [1.165, 1.54) is 31.4 Å². The van der Waals surface area contributed by atoms with Gasteiger partial charge in [-0.1, -0.05) is 0 Å². The number of esters is 1. The van der Waals surface area contributed by atoms with Crippen molar-refractivity contribution in [3.63, 3.8) is 0 Å². The first-order valence-corrected chi connectivity index (χ1v) is 6.65. The van der Waals surface area contributed by atoms with Crippen LogP contribution in [0.2, 0.25) is 0 Å². The molecule has 0 aliphatic carbocycles. The molecule has 23 heavy (non-hydrogen) atoms. The molecule has 0 fully saturated rings. The van der Waals surface area contributed by atoms with E-state index in [0.29, 0.717) is 11.5 Å². The van der Waals surface area contributed by atoms with E-state index in [-0.39, 0.29) is 23.7 Å². The largest absolute Gasteiger partial charge is 0.494 e. The monoisotopic (exact) mass is 318 g/mol. The Bertz CT molecular complexity index is 718. The minimum Gasteiger partial charge on any atom is -0.494 e. The Balaban J connectivity index is 2.19. The number of nitro benzene ring substituents is 1. The fourth-order valence-corrected chi connectivity index (χ4v) is 1.75. The molecule has 0 aliphatic rings. The topological polar surface area (TPSA) is 116 Å². The van der Waals surface area contributed by atoms with Crippen LogP contribution in [0.3, 0.4) is 0 Å². The molecule has 0 spiro atoms. The molecular formula is C14H14N4O5. The van der Waals surface area contributed by atoms with E-state index in [1.807, 2.05) is 0 Å². The minimum atomic E-state index is -0.556. The zero-order valence-electron chi connectivity index (χ0n) is 12.5. The second-order valence-corrected chi connectivity index (χ2v) is 4.29. The molecule has 0 radical (unpaired) electrons. The fourth-order valence-electron chi connectivity index (χ4n) is 1.75. The number of nitro groups is 1. The zero-order chi connectivity index (χ0) is 16.8. The Labute approximate surface area is 131 Å². The first kappa shape index (κ1) is 16.1. The van der Waals surface area contributed by atoms with Crippen molar-refractivity contribution < 1.29 is 19.2 Å². The minimum absolute atomic E-state index is 0.0869. The van der Waals surface area contributed by atoms with Crippen molar-refractivity contribution >= 4 is 23.2 Å². The lowest BCUT2D eigenvalue weighted by Gasteiger charge is -2.10. The molecule has 0 bridgehead atoms. The van der Waals surface area contributed by atoms with E-state index in [2.05, 4.69) is 15.5 Å². The number of aromatic nitrogens is 2. The van der Waals surface area contributed by atoms with E-state index in [9.17, 15) is 14.9 Å². The summed E-state index contributed by atoms with van der Waals surface area (Å²) in [4.78, 5) is 21.7. The molecule has 0 saturated carbocycles. The number of hydrogen-bond donors (Lipinski definition) is 1. The van der Waals surface area contributed by atoms with Crippen molar-refractivity contribution in [2.45, 2.75) is 6.92 Å². The first-order chi connectivity index (χ1) is 11.0. The first-order valence-electron chi connectivity index (χ1n) is 6.65. The Hall–Kier alpha value is -3.23. The predicted octanol–water partition coefficient (Wildman–Crippen LogP) is 2.31. The van der Waals surface area contributed by atoms with Crippen LogP contribution in [-0.4, -0.2) is 34.8 Å². The second kappa shape index (κ2) is 7.16. The van der Waals surface area contributed by atoms with Gasteiger partial charge in [0.05, 0.1) is 30.4 Å². The molecule has 9 nitrogen and oxygen atoms in total. The van der Waals surface area contributed by atoms with Crippen LogP contribution in [0.25, 0.3) is 0 Å². The van der Waals surface area contributed by atoms with Gasteiger partial charge in [-0.3, -0.25) is 10.1 Å². The van der Waals surface area contributed by atoms with Crippen molar-refractivity contribution in [3.05, 3.63) is 46.1 Å². The summed E-state index contributed by atoms with van der Waals surface area (Å²) >= 11 is 0. The number of non-ortho nitro benzene ring substituents is 1. The molecule has 120 valence electrons. The van der Waals surface area contributed by atoms with Gasteiger partial charge in [-0.05, 0) is 25.1 Å². The number of nitrogens with one attached hydrogen (secondary N) is 1. The summed E-state index contributed by atoms with van der Waals surface area (Å²) in [6.07, 6.45) is 0. The molecule has 0 atom stereocenters. The van der Waals surface area contributed by atoms with Crippen molar-refractivity contribution in [1.29, 1.82) is 0 Å². The van der Waals surface area contributed by atoms with Crippen LogP contribution in [0.1, 0.15) is 17.4 Å². The number of carbonyl (C=O) groups excluding carboxylic acids is 1. The average molecular weight is 318 g/mol. The molecule has 1 N–H and O–H groups in total. The average Bonchev–Trinajstić information content (AvgIpc) is 2.56. The lowest BCUT2D eigenvalue weighted by molar-refractivity contribution is -0.384. The highest BCUT2D eigenvalue weighted by molar-refractivity contribution is 5.87. The van der Waals surface area contributed by atoms with Gasteiger partial charge in [0.15, 0.2) is 11.5 Å². The summed E-state index contributed by atoms with van der Waals surface area (Å²) in [5.74, 6) is 0.0835. The zero-order valence-corrected chi connectivity index (χ0v) is 12.5. The van der Waals surface area contributed by atoms with Gasteiger partial charge in [-0.25, -0.2) is 4.79 Å². The molecule has 0 saturated heterocycles. The molecule has 1 heterocycles. The summed E-state index contributed by atoms with van der Waals surface area (Å²) in [7, 11) is 1.40. The summed E-state index contributed by atoms with van der Waals surface area (Å²) in [6.45, 7) is 1.95. The SMILES string of the molecule is CCOC(=O)c1ccc(Nc2ccc([N+](=O)[O-])cc2OC)nn1. The van der Waals surface area contributed by atoms with Gasteiger partial charge in [-0.15, -0.1) is 10.2 Å². The number of methoxy groups -OCH3 is 1. The van der Waals surface area contributed by atoms with Crippen LogP contribution in [-0.2, 0) is 4.74 Å². The summed E-state index contributed by atoms with van der Waals surface area (Å²) in [5, 5.41) is 21.3. The van der Waals surface area contributed by atoms with E-state index >= 15 is 0 Å². The van der Waals surface area contributed by atoms with Gasteiger partial charge in [0.2, 0.25) is 0 Å². The third kappa shape index (κ3) is 3.90. The maximum absolute atomic E-state index is 11.5. The van der Waals surface area contributed by atoms with Crippen LogP contribution in [0.5, 0.6) is 5.75 Å². The van der Waals surface area contributed by atoms with Crippen molar-refractivity contribution in [2.24, 2.45) is 0 Å². The highest BCUT2D eigenvalue weighted by Crippen LogP contribution is 2.30. The van der Waals surface area contributed by atoms with E-state index in [4.69, 9.17) is 9.47 Å². The lowest BCUT2D eigenvalue weighted by Crippen LogP contribution is -2.08. The second-order valence-electron chi connectivity index (χ2n) is 4.29. The Kier molecular flexibility index (Phi) is 5.03. The number of anilines is 2. The third-order valence-electron chi connectivity index (χ3n) is 2.81. The van der Waals surface area contributed by atoms with Crippen molar-refractivity contribution in [1.82, 2.24) is 10.2 Å². The van der Waals surface area contributed by atoms with Crippen LogP contribution in [0.15, 0.2) is 30.3 Å². The Morgan fingerprint density at radius 3 is 2.65 bits per heavy atom. The maximum atomic E-state index is 11.5. The third-order valence-corrected chi connectivity index (χ3v) is 2.81. The molecule has 2 aromatic rings. The van der Waals surface area contributed by atoms with Crippen LogP contribution >= 0.6 is 0 Å². The number of nitrogens with zero attached hydrogens (tertiary/aromatic N) is 3. The fraction of sp³-hybridized carbons (Fsp3) is 0.214. The van der Waals surface area contributed by atoms with Crippen LogP contribution in [0.4, 0.5) is 17.2 Å². The van der Waals surface area contributed by atoms with E-state index in [1.54, 1.807) is 13.0 Å². The molecule has 9 heteroatoms. The van der Waals surface area contributed by atoms with Gasteiger partial charge in [0.1, 0.15) is 5.75 Å². The maximum Gasteiger partial charge on any atom is 0.358 e.